The molecule has 1 atom stereocenters. The Bertz CT molecular complexity index is 1240. The number of ketones is 1. The minimum Gasteiger partial charge on any atom is -0.465 e. The van der Waals surface area contributed by atoms with E-state index in [1.807, 2.05) is 0 Å². The first-order valence-corrected chi connectivity index (χ1v) is 8.56. The van der Waals surface area contributed by atoms with Gasteiger partial charge in [-0.25, -0.2) is 14.6 Å². The fourth-order valence-electron chi connectivity index (χ4n) is 3.40. The Morgan fingerprint density at radius 3 is 2.43 bits per heavy atom. The lowest BCUT2D eigenvalue weighted by Crippen LogP contribution is -2.38. The summed E-state index contributed by atoms with van der Waals surface area (Å²) in [4.78, 5) is 56.9. The first kappa shape index (κ1) is 19.3. The van der Waals surface area contributed by atoms with Crippen molar-refractivity contribution in [2.24, 2.45) is 14.1 Å². The lowest BCUT2D eigenvalue weighted by atomic mass is 10.0. The van der Waals surface area contributed by atoms with Gasteiger partial charge in [0.1, 0.15) is 0 Å². The van der Waals surface area contributed by atoms with Gasteiger partial charge in [0.2, 0.25) is 5.78 Å². The fourth-order valence-corrected chi connectivity index (χ4v) is 3.40. The van der Waals surface area contributed by atoms with E-state index in [0.717, 1.165) is 4.57 Å². The first-order valence-electron chi connectivity index (χ1n) is 8.56. The number of nitrogens with zero attached hydrogens (tertiary/aromatic N) is 4. The Kier molecular flexibility index (Phi) is 4.58. The molecular weight excluding hydrogens is 366 g/mol. The lowest BCUT2D eigenvalue weighted by Gasteiger charge is -2.13. The van der Waals surface area contributed by atoms with Crippen molar-refractivity contribution in [3.63, 3.8) is 0 Å². The third kappa shape index (κ3) is 2.60. The summed E-state index contributed by atoms with van der Waals surface area (Å²) in [5, 5.41) is 0. The molecule has 0 saturated carbocycles. The molecule has 0 amide bonds. The SMILES string of the molecule is COC(=O)c1c(C)[nH]c(C(=O)C(C)n2cnc3c2c(=O)n(C)c(=O)n3C)c1C. The van der Waals surface area contributed by atoms with Crippen molar-refractivity contribution < 1.29 is 14.3 Å². The van der Waals surface area contributed by atoms with Crippen LogP contribution in [0.1, 0.15) is 45.1 Å². The second-order valence-electron chi connectivity index (χ2n) is 6.69. The molecule has 10 nitrogen and oxygen atoms in total. The summed E-state index contributed by atoms with van der Waals surface area (Å²) in [6, 6.07) is -0.794. The molecule has 3 aromatic heterocycles. The average molecular weight is 387 g/mol. The van der Waals surface area contributed by atoms with Crippen LogP contribution in [0.15, 0.2) is 15.9 Å². The predicted molar refractivity (Wildman–Crippen MR) is 101 cm³/mol. The molecule has 28 heavy (non-hydrogen) atoms. The highest BCUT2D eigenvalue weighted by molar-refractivity contribution is 6.03. The highest BCUT2D eigenvalue weighted by Crippen LogP contribution is 2.24. The van der Waals surface area contributed by atoms with Gasteiger partial charge in [-0.3, -0.25) is 18.7 Å². The van der Waals surface area contributed by atoms with E-state index in [-0.39, 0.29) is 22.6 Å². The maximum atomic E-state index is 13.1. The van der Waals surface area contributed by atoms with Crippen molar-refractivity contribution in [1.82, 2.24) is 23.7 Å². The molecule has 148 valence electrons. The minimum atomic E-state index is -0.794. The van der Waals surface area contributed by atoms with E-state index in [9.17, 15) is 19.2 Å². The van der Waals surface area contributed by atoms with Crippen molar-refractivity contribution in [2.45, 2.75) is 26.8 Å². The Morgan fingerprint density at radius 1 is 1.18 bits per heavy atom. The van der Waals surface area contributed by atoms with Crippen LogP contribution < -0.4 is 11.2 Å². The quantitative estimate of drug-likeness (QED) is 0.517. The smallest absolute Gasteiger partial charge is 0.339 e. The van der Waals surface area contributed by atoms with Gasteiger partial charge in [0.25, 0.3) is 5.56 Å². The van der Waals surface area contributed by atoms with Crippen LogP contribution in [0.3, 0.4) is 0 Å². The molecule has 0 saturated heterocycles. The molecule has 0 spiro atoms. The zero-order valence-electron chi connectivity index (χ0n) is 16.5. The van der Waals surface area contributed by atoms with Crippen LogP contribution in [0.25, 0.3) is 11.2 Å². The summed E-state index contributed by atoms with van der Waals surface area (Å²) in [6.07, 6.45) is 1.36. The van der Waals surface area contributed by atoms with E-state index in [2.05, 4.69) is 9.97 Å². The van der Waals surface area contributed by atoms with Crippen molar-refractivity contribution in [1.29, 1.82) is 0 Å². The van der Waals surface area contributed by atoms with Crippen LogP contribution in [-0.4, -0.2) is 42.5 Å². The number of imidazole rings is 1. The topological polar surface area (TPSA) is 121 Å². The van der Waals surface area contributed by atoms with E-state index < -0.39 is 23.3 Å². The van der Waals surface area contributed by atoms with E-state index in [4.69, 9.17) is 4.74 Å². The van der Waals surface area contributed by atoms with Gasteiger partial charge in [-0.2, -0.15) is 0 Å². The third-order valence-corrected chi connectivity index (χ3v) is 5.04. The Labute approximate surface area is 159 Å². The van der Waals surface area contributed by atoms with Crippen molar-refractivity contribution in [3.05, 3.63) is 49.7 Å². The van der Waals surface area contributed by atoms with Gasteiger partial charge in [0.05, 0.1) is 30.7 Å². The standard InChI is InChI=1S/C18H21N5O5/c1-8-11(17(26)28-6)9(2)20-12(8)14(24)10(3)23-7-19-15-13(23)16(25)22(5)18(27)21(15)4/h7,10,20H,1-6H3. The number of H-pyrrole nitrogens is 1. The molecule has 0 fully saturated rings. The number of hydrogen-bond donors (Lipinski definition) is 1. The number of fused-ring (bicyclic) bond motifs is 1. The number of carbonyl (C=O) groups is 2. The number of methoxy groups -OCH3 is 1. The monoisotopic (exact) mass is 387 g/mol. The van der Waals surface area contributed by atoms with Crippen LogP contribution in [0.2, 0.25) is 0 Å². The van der Waals surface area contributed by atoms with Crippen LogP contribution in [0.5, 0.6) is 0 Å². The Hall–Kier alpha value is -3.43. The van der Waals surface area contributed by atoms with Gasteiger partial charge in [-0.05, 0) is 26.3 Å². The largest absolute Gasteiger partial charge is 0.465 e. The molecule has 0 aliphatic carbocycles. The van der Waals surface area contributed by atoms with E-state index in [0.29, 0.717) is 16.8 Å². The van der Waals surface area contributed by atoms with Gasteiger partial charge in [0, 0.05) is 19.8 Å². The van der Waals surface area contributed by atoms with Gasteiger partial charge in [-0.1, -0.05) is 0 Å². The summed E-state index contributed by atoms with van der Waals surface area (Å²) in [5.41, 5.74) is 0.882. The number of hydrogen-bond acceptors (Lipinski definition) is 6. The number of rotatable bonds is 4. The summed E-state index contributed by atoms with van der Waals surface area (Å²) < 4.78 is 8.43. The maximum absolute atomic E-state index is 13.1. The first-order chi connectivity index (χ1) is 13.1. The maximum Gasteiger partial charge on any atom is 0.339 e. The van der Waals surface area contributed by atoms with Crippen molar-refractivity contribution in [3.8, 4) is 0 Å². The molecule has 1 unspecified atom stereocenters. The highest BCUT2D eigenvalue weighted by atomic mass is 16.5. The summed E-state index contributed by atoms with van der Waals surface area (Å²) >= 11 is 0. The molecule has 3 heterocycles. The molecule has 3 aromatic rings. The minimum absolute atomic E-state index is 0.152. The molecule has 0 radical (unpaired) electrons. The normalized spacial score (nSPS) is 12.4. The van der Waals surface area contributed by atoms with Gasteiger partial charge < -0.3 is 14.3 Å². The zero-order valence-corrected chi connectivity index (χ0v) is 16.5. The highest BCUT2D eigenvalue weighted by Gasteiger charge is 2.28. The zero-order chi connectivity index (χ0) is 20.9. The summed E-state index contributed by atoms with van der Waals surface area (Å²) in [7, 11) is 4.15. The number of ether oxygens (including phenoxy) is 1. The predicted octanol–water partition coefficient (Wildman–Crippen LogP) is 0.609. The molecule has 3 rings (SSSR count). The molecule has 0 aliphatic rings. The summed E-state index contributed by atoms with van der Waals surface area (Å²) in [5.74, 6) is -0.860. The average Bonchev–Trinajstić information content (AvgIpc) is 3.24. The van der Waals surface area contributed by atoms with E-state index in [1.165, 1.54) is 36.7 Å². The Morgan fingerprint density at radius 2 is 1.82 bits per heavy atom. The van der Waals surface area contributed by atoms with Gasteiger partial charge in [-0.15, -0.1) is 0 Å². The Balaban J connectivity index is 2.15. The van der Waals surface area contributed by atoms with Crippen molar-refractivity contribution >= 4 is 22.9 Å². The van der Waals surface area contributed by atoms with E-state index >= 15 is 0 Å². The van der Waals surface area contributed by atoms with E-state index in [1.54, 1.807) is 20.8 Å². The molecule has 0 aliphatic heterocycles. The summed E-state index contributed by atoms with van der Waals surface area (Å²) in [6.45, 7) is 4.96. The number of aromatic nitrogens is 5. The number of aromatic amines is 1. The number of Topliss-reactive ketones (excluding diaryl/α,β-unsaturated/α-hetero) is 1. The van der Waals surface area contributed by atoms with Crippen LogP contribution in [0.4, 0.5) is 0 Å². The second kappa shape index (κ2) is 6.63. The third-order valence-electron chi connectivity index (χ3n) is 5.04. The number of nitrogens with one attached hydrogen (secondary N) is 1. The number of carbonyl (C=O) groups excluding carboxylic acids is 2. The molecule has 0 bridgehead atoms. The number of esters is 1. The fraction of sp³-hybridized carbons (Fsp3) is 0.389. The molecule has 0 aromatic carbocycles. The molecule has 10 heteroatoms. The van der Waals surface area contributed by atoms with Crippen LogP contribution in [-0.2, 0) is 18.8 Å². The van der Waals surface area contributed by atoms with Crippen LogP contribution >= 0.6 is 0 Å². The van der Waals surface area contributed by atoms with Gasteiger partial charge in [0.15, 0.2) is 11.2 Å². The van der Waals surface area contributed by atoms with Crippen LogP contribution in [0, 0.1) is 13.8 Å². The number of aryl methyl sites for hydroxylation is 2. The van der Waals surface area contributed by atoms with Crippen molar-refractivity contribution in [2.75, 3.05) is 7.11 Å². The second-order valence-corrected chi connectivity index (χ2v) is 6.69. The lowest BCUT2D eigenvalue weighted by molar-refractivity contribution is 0.0599. The van der Waals surface area contributed by atoms with Gasteiger partial charge >= 0.3 is 11.7 Å². The molecular formula is C18H21N5O5. The molecule has 1 N–H and O–H groups in total.